The number of carbonyl (C=O) groups excluding carboxylic acids is 3. The van der Waals surface area contributed by atoms with Crippen LogP contribution in [0.25, 0.3) is 0 Å². The number of nitrogens with zero attached hydrogens (tertiary/aromatic N) is 1. The van der Waals surface area contributed by atoms with Gasteiger partial charge in [-0.15, -0.1) is 11.8 Å². The topological polar surface area (TPSA) is 92.5 Å². The van der Waals surface area contributed by atoms with Gasteiger partial charge in [-0.05, 0) is 44.0 Å². The number of hydrogen-bond acceptors (Lipinski definition) is 4. The Morgan fingerprint density at radius 2 is 1.88 bits per heavy atom. The predicted octanol–water partition coefficient (Wildman–Crippen LogP) is 1.61. The number of halogens is 1. The SMILES string of the molecule is CC(SCC(=O)Nc1ccc(F)cc1)C(=O)N1CCC(C(N)=O)CC1. The Morgan fingerprint density at radius 1 is 1.28 bits per heavy atom. The zero-order valence-electron chi connectivity index (χ0n) is 14.0. The third kappa shape index (κ3) is 5.74. The molecule has 0 saturated carbocycles. The van der Waals surface area contributed by atoms with Gasteiger partial charge in [0, 0.05) is 24.7 Å². The molecule has 3 amide bonds. The summed E-state index contributed by atoms with van der Waals surface area (Å²) in [6.45, 7) is 2.79. The third-order valence-electron chi connectivity index (χ3n) is 4.15. The number of benzene rings is 1. The molecule has 1 saturated heterocycles. The summed E-state index contributed by atoms with van der Waals surface area (Å²) < 4.78 is 12.8. The molecule has 25 heavy (non-hydrogen) atoms. The van der Waals surface area contributed by atoms with Gasteiger partial charge in [-0.25, -0.2) is 4.39 Å². The molecule has 0 radical (unpaired) electrons. The smallest absolute Gasteiger partial charge is 0.235 e. The summed E-state index contributed by atoms with van der Waals surface area (Å²) in [5.41, 5.74) is 5.80. The second kappa shape index (κ2) is 8.84. The fraction of sp³-hybridized carbons (Fsp3) is 0.471. The lowest BCUT2D eigenvalue weighted by Gasteiger charge is -2.32. The van der Waals surface area contributed by atoms with E-state index in [1.165, 1.54) is 36.0 Å². The van der Waals surface area contributed by atoms with Crippen LogP contribution in [0.1, 0.15) is 19.8 Å². The van der Waals surface area contributed by atoms with Crippen LogP contribution in [0.3, 0.4) is 0 Å². The molecule has 0 spiro atoms. The van der Waals surface area contributed by atoms with Crippen LogP contribution in [0.15, 0.2) is 24.3 Å². The minimum absolute atomic E-state index is 0.0393. The second-order valence-electron chi connectivity index (χ2n) is 6.01. The minimum atomic E-state index is -0.369. The number of amides is 3. The lowest BCUT2D eigenvalue weighted by molar-refractivity contribution is -0.134. The van der Waals surface area contributed by atoms with Crippen molar-refractivity contribution >= 4 is 35.2 Å². The maximum atomic E-state index is 12.8. The average Bonchev–Trinajstić information content (AvgIpc) is 2.61. The van der Waals surface area contributed by atoms with Crippen molar-refractivity contribution in [3.8, 4) is 0 Å². The molecule has 1 unspecified atom stereocenters. The summed E-state index contributed by atoms with van der Waals surface area (Å²) in [6.07, 6.45) is 1.17. The largest absolute Gasteiger partial charge is 0.369 e. The lowest BCUT2D eigenvalue weighted by atomic mass is 9.96. The van der Waals surface area contributed by atoms with Crippen molar-refractivity contribution in [2.75, 3.05) is 24.2 Å². The first-order valence-corrected chi connectivity index (χ1v) is 9.17. The van der Waals surface area contributed by atoms with E-state index < -0.39 is 0 Å². The molecule has 136 valence electrons. The van der Waals surface area contributed by atoms with Gasteiger partial charge in [0.05, 0.1) is 11.0 Å². The number of carbonyl (C=O) groups is 3. The van der Waals surface area contributed by atoms with E-state index in [2.05, 4.69) is 5.32 Å². The van der Waals surface area contributed by atoms with Crippen LogP contribution < -0.4 is 11.1 Å². The van der Waals surface area contributed by atoms with Crippen LogP contribution in [0.2, 0.25) is 0 Å². The van der Waals surface area contributed by atoms with Gasteiger partial charge in [-0.3, -0.25) is 14.4 Å². The Bertz CT molecular complexity index is 631. The van der Waals surface area contributed by atoms with Crippen molar-refractivity contribution < 1.29 is 18.8 Å². The van der Waals surface area contributed by atoms with Gasteiger partial charge < -0.3 is 16.0 Å². The first-order valence-electron chi connectivity index (χ1n) is 8.12. The van der Waals surface area contributed by atoms with Gasteiger partial charge in [0.2, 0.25) is 17.7 Å². The summed E-state index contributed by atoms with van der Waals surface area (Å²) in [6, 6.07) is 5.50. The van der Waals surface area contributed by atoms with Gasteiger partial charge >= 0.3 is 0 Å². The summed E-state index contributed by atoms with van der Waals surface area (Å²) in [7, 11) is 0. The van der Waals surface area contributed by atoms with Gasteiger partial charge in [-0.2, -0.15) is 0 Å². The highest BCUT2D eigenvalue weighted by atomic mass is 32.2. The number of thioether (sulfide) groups is 1. The summed E-state index contributed by atoms with van der Waals surface area (Å²) in [4.78, 5) is 37.2. The first-order chi connectivity index (χ1) is 11.9. The molecule has 2 rings (SSSR count). The van der Waals surface area contributed by atoms with E-state index in [4.69, 9.17) is 5.73 Å². The average molecular weight is 367 g/mol. The lowest BCUT2D eigenvalue weighted by Crippen LogP contribution is -2.44. The van der Waals surface area contributed by atoms with Crippen molar-refractivity contribution in [1.82, 2.24) is 4.90 Å². The fourth-order valence-corrected chi connectivity index (χ4v) is 3.41. The number of anilines is 1. The monoisotopic (exact) mass is 367 g/mol. The van der Waals surface area contributed by atoms with E-state index in [9.17, 15) is 18.8 Å². The number of rotatable bonds is 6. The normalized spacial score (nSPS) is 16.3. The Balaban J connectivity index is 1.74. The van der Waals surface area contributed by atoms with E-state index >= 15 is 0 Å². The molecule has 3 N–H and O–H groups in total. The quantitative estimate of drug-likeness (QED) is 0.799. The van der Waals surface area contributed by atoms with Crippen LogP contribution in [0, 0.1) is 11.7 Å². The zero-order chi connectivity index (χ0) is 18.4. The molecular weight excluding hydrogens is 345 g/mol. The van der Waals surface area contributed by atoms with Crippen LogP contribution in [0.5, 0.6) is 0 Å². The Labute approximate surface area is 150 Å². The fourth-order valence-electron chi connectivity index (χ4n) is 2.64. The highest BCUT2D eigenvalue weighted by molar-refractivity contribution is 8.01. The van der Waals surface area contributed by atoms with Crippen LogP contribution >= 0.6 is 11.8 Å². The maximum Gasteiger partial charge on any atom is 0.235 e. The maximum absolute atomic E-state index is 12.8. The number of nitrogens with one attached hydrogen (secondary N) is 1. The van der Waals surface area contributed by atoms with E-state index in [0.29, 0.717) is 31.6 Å². The zero-order valence-corrected chi connectivity index (χ0v) is 14.9. The summed E-state index contributed by atoms with van der Waals surface area (Å²) in [5.74, 6) is -0.999. The van der Waals surface area contributed by atoms with Gasteiger partial charge in [-0.1, -0.05) is 0 Å². The molecule has 0 aromatic heterocycles. The summed E-state index contributed by atoms with van der Waals surface area (Å²) in [5, 5.41) is 2.30. The van der Waals surface area contributed by atoms with Crippen LogP contribution in [-0.2, 0) is 14.4 Å². The number of likely N-dealkylation sites (tertiary alicyclic amines) is 1. The molecule has 1 heterocycles. The molecule has 0 bridgehead atoms. The highest BCUT2D eigenvalue weighted by Gasteiger charge is 2.28. The molecule has 0 aliphatic carbocycles. The standard InChI is InChI=1S/C17H22FN3O3S/c1-11(17(24)21-8-6-12(7-9-21)16(19)23)25-10-15(22)20-14-4-2-13(18)3-5-14/h2-5,11-12H,6-10H2,1H3,(H2,19,23)(H,20,22). The van der Waals surface area contributed by atoms with Crippen molar-refractivity contribution in [1.29, 1.82) is 0 Å². The van der Waals surface area contributed by atoms with Crippen LogP contribution in [-0.4, -0.2) is 46.7 Å². The molecule has 1 aromatic carbocycles. The number of hydrogen-bond donors (Lipinski definition) is 2. The van der Waals surface area contributed by atoms with E-state index in [1.807, 2.05) is 0 Å². The molecule has 1 aromatic rings. The van der Waals surface area contributed by atoms with E-state index in [1.54, 1.807) is 11.8 Å². The molecule has 8 heteroatoms. The highest BCUT2D eigenvalue weighted by Crippen LogP contribution is 2.21. The van der Waals surface area contributed by atoms with E-state index in [-0.39, 0.29) is 40.5 Å². The first kappa shape index (κ1) is 19.2. The Kier molecular flexibility index (Phi) is 6.81. The third-order valence-corrected chi connectivity index (χ3v) is 5.28. The molecule has 1 fully saturated rings. The molecule has 1 aliphatic heterocycles. The van der Waals surface area contributed by atoms with E-state index in [0.717, 1.165) is 0 Å². The number of primary amides is 1. The minimum Gasteiger partial charge on any atom is -0.369 e. The van der Waals surface area contributed by atoms with Crippen molar-refractivity contribution in [2.24, 2.45) is 11.7 Å². The van der Waals surface area contributed by atoms with Gasteiger partial charge in [0.15, 0.2) is 0 Å². The summed E-state index contributed by atoms with van der Waals surface area (Å²) >= 11 is 1.25. The van der Waals surface area contributed by atoms with Gasteiger partial charge in [0.1, 0.15) is 5.82 Å². The number of piperidine rings is 1. The molecule has 1 aliphatic rings. The van der Waals surface area contributed by atoms with Crippen molar-refractivity contribution in [3.05, 3.63) is 30.1 Å². The molecule has 6 nitrogen and oxygen atoms in total. The van der Waals surface area contributed by atoms with Crippen molar-refractivity contribution in [2.45, 2.75) is 25.0 Å². The Morgan fingerprint density at radius 3 is 2.44 bits per heavy atom. The molecule has 1 atom stereocenters. The molecular formula is C17H22FN3O3S. The van der Waals surface area contributed by atoms with Crippen molar-refractivity contribution in [3.63, 3.8) is 0 Å². The second-order valence-corrected chi connectivity index (χ2v) is 7.34. The van der Waals surface area contributed by atoms with Crippen LogP contribution in [0.4, 0.5) is 10.1 Å². The predicted molar refractivity (Wildman–Crippen MR) is 95.4 cm³/mol. The van der Waals surface area contributed by atoms with Gasteiger partial charge in [0.25, 0.3) is 0 Å². The Hall–Kier alpha value is -2.09. The number of nitrogens with two attached hydrogens (primary N) is 1.